The molecular formula is C18H17N3O8. The van der Waals surface area contributed by atoms with Gasteiger partial charge in [0.2, 0.25) is 0 Å². The molecule has 11 nitrogen and oxygen atoms in total. The van der Waals surface area contributed by atoms with Crippen molar-refractivity contribution in [1.82, 2.24) is 5.01 Å². The van der Waals surface area contributed by atoms with E-state index in [1.165, 1.54) is 24.4 Å². The highest BCUT2D eigenvalue weighted by atomic mass is 16.6. The van der Waals surface area contributed by atoms with E-state index >= 15 is 0 Å². The van der Waals surface area contributed by atoms with Gasteiger partial charge in [0, 0.05) is 11.6 Å². The lowest BCUT2D eigenvalue weighted by atomic mass is 10.2. The van der Waals surface area contributed by atoms with E-state index in [0.29, 0.717) is 12.3 Å². The number of methoxy groups -OCH3 is 1. The molecule has 0 spiro atoms. The number of hydrogen-bond donors (Lipinski definition) is 1. The number of furan rings is 1. The van der Waals surface area contributed by atoms with Crippen molar-refractivity contribution in [1.29, 1.82) is 0 Å². The molecule has 1 aliphatic heterocycles. The van der Waals surface area contributed by atoms with Crippen LogP contribution in [0.5, 0.6) is 5.75 Å². The molecule has 0 atom stereocenters. The van der Waals surface area contributed by atoms with Crippen molar-refractivity contribution >= 4 is 30.2 Å². The minimum Gasteiger partial charge on any atom is -0.496 e. The Morgan fingerprint density at radius 3 is 2.69 bits per heavy atom. The standard InChI is InChI=1S/C10H10O3.C8H7N3O5/c1-13-9-5-3-2-4-8(9)6-7-10(11)12;12-8-10(3-4-15-8)9-5-6-1-2-7(16-6)11(13)14/h2-7H,1H3,(H,11,12);1-2,5H,3-4H2. The van der Waals surface area contributed by atoms with Crippen molar-refractivity contribution in [2.24, 2.45) is 5.10 Å². The van der Waals surface area contributed by atoms with Gasteiger partial charge < -0.3 is 19.0 Å². The average Bonchev–Trinajstić information content (AvgIpc) is 3.34. The number of para-hydroxylation sites is 1. The van der Waals surface area contributed by atoms with Crippen LogP contribution in [-0.2, 0) is 9.53 Å². The molecule has 1 amide bonds. The van der Waals surface area contributed by atoms with E-state index in [4.69, 9.17) is 14.3 Å². The second kappa shape index (κ2) is 10.3. The third kappa shape index (κ3) is 6.50. The fraction of sp³-hybridized carbons (Fsp3) is 0.167. The van der Waals surface area contributed by atoms with Crippen LogP contribution in [-0.4, -0.2) is 53.6 Å². The fourth-order valence-corrected chi connectivity index (χ4v) is 2.09. The van der Waals surface area contributed by atoms with Gasteiger partial charge in [0.25, 0.3) is 0 Å². The third-order valence-electron chi connectivity index (χ3n) is 3.40. The van der Waals surface area contributed by atoms with Crippen LogP contribution in [0.1, 0.15) is 11.3 Å². The molecule has 1 saturated heterocycles. The lowest BCUT2D eigenvalue weighted by Crippen LogP contribution is -2.17. The predicted molar refractivity (Wildman–Crippen MR) is 101 cm³/mol. The molecule has 1 fully saturated rings. The largest absolute Gasteiger partial charge is 0.496 e. The smallest absolute Gasteiger partial charge is 0.433 e. The monoisotopic (exact) mass is 403 g/mol. The summed E-state index contributed by atoms with van der Waals surface area (Å²) in [4.78, 5) is 30.9. The number of carboxylic acid groups (broad SMARTS) is 1. The predicted octanol–water partition coefficient (Wildman–Crippen LogP) is 2.77. The molecule has 152 valence electrons. The van der Waals surface area contributed by atoms with Gasteiger partial charge >= 0.3 is 17.9 Å². The second-order valence-electron chi connectivity index (χ2n) is 5.33. The molecule has 2 heterocycles. The van der Waals surface area contributed by atoms with E-state index in [1.54, 1.807) is 19.2 Å². The molecule has 11 heteroatoms. The zero-order valence-electron chi connectivity index (χ0n) is 15.3. The summed E-state index contributed by atoms with van der Waals surface area (Å²) < 4.78 is 14.5. The summed E-state index contributed by atoms with van der Waals surface area (Å²) in [5.74, 6) is -0.470. The van der Waals surface area contributed by atoms with Crippen LogP contribution >= 0.6 is 0 Å². The van der Waals surface area contributed by atoms with Crippen molar-refractivity contribution in [2.45, 2.75) is 0 Å². The van der Waals surface area contributed by atoms with Crippen LogP contribution in [0.4, 0.5) is 10.7 Å². The van der Waals surface area contributed by atoms with Gasteiger partial charge in [0.15, 0.2) is 5.76 Å². The lowest BCUT2D eigenvalue weighted by Gasteiger charge is -2.02. The molecule has 1 N–H and O–H groups in total. The summed E-state index contributed by atoms with van der Waals surface area (Å²) >= 11 is 0. The molecule has 2 aromatic rings. The van der Waals surface area contributed by atoms with E-state index in [2.05, 4.69) is 9.84 Å². The number of carboxylic acids is 1. The Morgan fingerprint density at radius 2 is 2.10 bits per heavy atom. The highest BCUT2D eigenvalue weighted by Crippen LogP contribution is 2.18. The number of carbonyl (C=O) groups excluding carboxylic acids is 1. The molecule has 0 radical (unpaired) electrons. The molecule has 0 aliphatic carbocycles. The topological polar surface area (TPSA) is 145 Å². The second-order valence-corrected chi connectivity index (χ2v) is 5.33. The van der Waals surface area contributed by atoms with E-state index < -0.39 is 17.0 Å². The fourth-order valence-electron chi connectivity index (χ4n) is 2.09. The SMILES string of the molecule is COc1ccccc1C=CC(=O)O.O=C1OCCN1N=Cc1ccc([N+](=O)[O-])o1. The number of hydrogen-bond acceptors (Lipinski definition) is 8. The van der Waals surface area contributed by atoms with E-state index in [0.717, 1.165) is 16.6 Å². The minimum absolute atomic E-state index is 0.200. The van der Waals surface area contributed by atoms with E-state index in [1.807, 2.05) is 12.1 Å². The van der Waals surface area contributed by atoms with Crippen LogP contribution in [0, 0.1) is 10.1 Å². The maximum atomic E-state index is 11.0. The van der Waals surface area contributed by atoms with Gasteiger partial charge in [-0.05, 0) is 18.2 Å². The van der Waals surface area contributed by atoms with Crippen molar-refractivity contribution < 1.29 is 33.5 Å². The Kier molecular flexibility index (Phi) is 7.48. The highest BCUT2D eigenvalue weighted by molar-refractivity contribution is 5.85. The summed E-state index contributed by atoms with van der Waals surface area (Å²) in [5.41, 5.74) is 0.757. The normalized spacial score (nSPS) is 13.3. The Labute approximate surface area is 164 Å². The Bertz CT molecular complexity index is 935. The number of amides is 1. The van der Waals surface area contributed by atoms with Gasteiger partial charge in [-0.1, -0.05) is 18.2 Å². The van der Waals surface area contributed by atoms with Crippen LogP contribution < -0.4 is 4.74 Å². The first-order valence-electron chi connectivity index (χ1n) is 8.17. The average molecular weight is 403 g/mol. The molecule has 1 aromatic carbocycles. The maximum absolute atomic E-state index is 11.0. The number of carbonyl (C=O) groups is 2. The molecule has 0 unspecified atom stereocenters. The van der Waals surface area contributed by atoms with Crippen LogP contribution in [0.25, 0.3) is 6.08 Å². The maximum Gasteiger partial charge on any atom is 0.433 e. The number of cyclic esters (lactones) is 1. The van der Waals surface area contributed by atoms with Crippen molar-refractivity contribution in [3.8, 4) is 5.75 Å². The number of benzene rings is 1. The third-order valence-corrected chi connectivity index (χ3v) is 3.40. The van der Waals surface area contributed by atoms with Gasteiger partial charge in [-0.25, -0.2) is 9.59 Å². The Balaban J connectivity index is 0.000000212. The Morgan fingerprint density at radius 1 is 1.34 bits per heavy atom. The van der Waals surface area contributed by atoms with Crippen LogP contribution in [0.3, 0.4) is 0 Å². The minimum atomic E-state index is -0.967. The first-order valence-corrected chi connectivity index (χ1v) is 8.17. The zero-order valence-corrected chi connectivity index (χ0v) is 15.3. The van der Waals surface area contributed by atoms with E-state index in [9.17, 15) is 19.7 Å². The summed E-state index contributed by atoms with van der Waals surface area (Å²) in [6.45, 7) is 0.645. The van der Waals surface area contributed by atoms with Gasteiger partial charge in [0.05, 0.1) is 25.9 Å². The molecule has 3 rings (SSSR count). The molecular weight excluding hydrogens is 386 g/mol. The van der Waals surface area contributed by atoms with Crippen molar-refractivity contribution in [3.63, 3.8) is 0 Å². The number of aliphatic carboxylic acids is 1. The van der Waals surface area contributed by atoms with Gasteiger partial charge in [-0.3, -0.25) is 10.1 Å². The summed E-state index contributed by atoms with van der Waals surface area (Å²) in [6.07, 6.45) is 3.26. The van der Waals surface area contributed by atoms with Crippen LogP contribution in [0.2, 0.25) is 0 Å². The zero-order chi connectivity index (χ0) is 21.2. The lowest BCUT2D eigenvalue weighted by molar-refractivity contribution is -0.402. The number of nitrogens with zero attached hydrogens (tertiary/aromatic N) is 3. The molecule has 1 aromatic heterocycles. The number of hydrazone groups is 1. The molecule has 1 aliphatic rings. The number of rotatable bonds is 6. The number of nitro groups is 1. The quantitative estimate of drug-likeness (QED) is 0.335. The first-order chi connectivity index (χ1) is 13.9. The summed E-state index contributed by atoms with van der Waals surface area (Å²) in [7, 11) is 1.55. The number of ether oxygens (including phenoxy) is 2. The van der Waals surface area contributed by atoms with Crippen molar-refractivity contribution in [2.75, 3.05) is 20.3 Å². The van der Waals surface area contributed by atoms with Gasteiger partial charge in [-0.2, -0.15) is 10.1 Å². The first kappa shape index (κ1) is 21.2. The Hall–Kier alpha value is -4.15. The molecule has 0 saturated carbocycles. The van der Waals surface area contributed by atoms with E-state index in [-0.39, 0.29) is 18.3 Å². The van der Waals surface area contributed by atoms with Gasteiger partial charge in [-0.15, -0.1) is 0 Å². The molecule has 0 bridgehead atoms. The highest BCUT2D eigenvalue weighted by Gasteiger charge is 2.21. The van der Waals surface area contributed by atoms with Crippen LogP contribution in [0.15, 0.2) is 52.0 Å². The summed E-state index contributed by atoms with van der Waals surface area (Å²) in [5, 5.41) is 23.6. The molecule has 29 heavy (non-hydrogen) atoms. The summed E-state index contributed by atoms with van der Waals surface area (Å²) in [6, 6.07) is 9.83. The van der Waals surface area contributed by atoms with Gasteiger partial charge in [0.1, 0.15) is 17.3 Å². The van der Waals surface area contributed by atoms with Crippen molar-refractivity contribution in [3.05, 3.63) is 63.9 Å².